The second-order valence-electron chi connectivity index (χ2n) is 3.62. The molecule has 1 rings (SSSR count). The van der Waals surface area contributed by atoms with Gasteiger partial charge < -0.3 is 19.9 Å². The summed E-state index contributed by atoms with van der Waals surface area (Å²) in [5.41, 5.74) is 1.46. The molecule has 1 aromatic rings. The van der Waals surface area contributed by atoms with E-state index in [4.69, 9.17) is 9.47 Å². The second-order valence-corrected chi connectivity index (χ2v) is 3.62. The molecule has 0 aromatic heterocycles. The maximum Gasteiger partial charge on any atom is 0.325 e. The topological polar surface area (TPSA) is 67.8 Å². The largest absolute Gasteiger partial charge is 0.493 e. The molecule has 0 aliphatic carbocycles. The highest BCUT2D eigenvalue weighted by atomic mass is 31.0. The van der Waals surface area contributed by atoms with Gasteiger partial charge in [0.25, 0.3) is 0 Å². The average Bonchev–Trinajstić information content (AvgIpc) is 2.31. The van der Waals surface area contributed by atoms with Gasteiger partial charge in [0, 0.05) is 5.56 Å². The summed E-state index contributed by atoms with van der Waals surface area (Å²) in [5.74, 6) is 0.295. The molecule has 1 aromatic carbocycles. The van der Waals surface area contributed by atoms with E-state index < -0.39 is 5.97 Å². The van der Waals surface area contributed by atoms with Crippen molar-refractivity contribution in [2.24, 2.45) is 0 Å². The zero-order valence-corrected chi connectivity index (χ0v) is 12.4. The minimum Gasteiger partial charge on any atom is -0.493 e. The molecule has 19 heavy (non-hydrogen) atoms. The van der Waals surface area contributed by atoms with Crippen molar-refractivity contribution in [1.82, 2.24) is 5.32 Å². The van der Waals surface area contributed by atoms with Gasteiger partial charge in [-0.05, 0) is 31.7 Å². The molecule has 6 heteroatoms. The van der Waals surface area contributed by atoms with E-state index in [2.05, 4.69) is 5.32 Å². The molecule has 5 nitrogen and oxygen atoms in total. The van der Waals surface area contributed by atoms with Crippen LogP contribution in [0.15, 0.2) is 12.1 Å². The molecule has 0 aliphatic heterocycles. The molecular formula is C13H24NO4P. The Morgan fingerprint density at radius 2 is 2.05 bits per heavy atom. The maximum atomic E-state index is 11.4. The van der Waals surface area contributed by atoms with Gasteiger partial charge in [-0.2, -0.15) is 9.90 Å². The fourth-order valence-corrected chi connectivity index (χ4v) is 1.49. The summed E-state index contributed by atoms with van der Waals surface area (Å²) in [4.78, 5) is 11.4. The maximum absolute atomic E-state index is 11.4. The Morgan fingerprint density at radius 3 is 2.53 bits per heavy atom. The second kappa shape index (κ2) is 9.73. The van der Waals surface area contributed by atoms with Crippen LogP contribution in [0.25, 0.3) is 0 Å². The molecule has 0 spiro atoms. The molecule has 0 heterocycles. The zero-order valence-electron chi connectivity index (χ0n) is 10.9. The van der Waals surface area contributed by atoms with Crippen LogP contribution in [-0.2, 0) is 11.4 Å². The van der Waals surface area contributed by atoms with Gasteiger partial charge in [-0.25, -0.2) is 0 Å². The molecule has 1 unspecified atom stereocenters. The van der Waals surface area contributed by atoms with Gasteiger partial charge in [-0.15, -0.1) is 0 Å². The number of aliphatic hydroxyl groups excluding tert-OH is 1. The summed E-state index contributed by atoms with van der Waals surface area (Å²) in [7, 11) is 3.14. The van der Waals surface area contributed by atoms with E-state index in [1.807, 2.05) is 6.92 Å². The summed E-state index contributed by atoms with van der Waals surface area (Å²) in [6.45, 7) is 1.77. The van der Waals surface area contributed by atoms with Crippen LogP contribution in [0.5, 0.6) is 11.5 Å². The zero-order chi connectivity index (χ0) is 12.8. The summed E-state index contributed by atoms with van der Waals surface area (Å²) in [5, 5.41) is 11.9. The summed E-state index contributed by atoms with van der Waals surface area (Å²) in [6.07, 6.45) is 0. The number of aliphatic hydroxyl groups is 1. The van der Waals surface area contributed by atoms with Crippen LogP contribution < -0.4 is 14.8 Å². The fraction of sp³-hybridized carbons (Fsp3) is 0.462. The molecule has 0 amide bonds. The van der Waals surface area contributed by atoms with E-state index in [1.165, 1.54) is 7.11 Å². The number of hydrogen-bond acceptors (Lipinski definition) is 5. The first-order chi connectivity index (χ1) is 8.12. The number of carbonyl (C=O) groups is 1. The smallest absolute Gasteiger partial charge is 0.325 e. The summed E-state index contributed by atoms with van der Waals surface area (Å²) >= 11 is 0. The van der Waals surface area contributed by atoms with Crippen molar-refractivity contribution in [3.63, 3.8) is 0 Å². The molecule has 0 fully saturated rings. The number of esters is 1. The lowest BCUT2D eigenvalue weighted by Gasteiger charge is -2.13. The summed E-state index contributed by atoms with van der Waals surface area (Å²) in [6, 6.07) is 3.51. The van der Waals surface area contributed by atoms with Gasteiger partial charge in [0.15, 0.2) is 11.5 Å². The van der Waals surface area contributed by atoms with Gasteiger partial charge in [0.2, 0.25) is 0 Å². The number of carbonyl (C=O) groups excluding carboxylic acids is 1. The Kier molecular flexibility index (Phi) is 10.3. The molecule has 110 valence electrons. The minimum atomic E-state index is -0.427. The summed E-state index contributed by atoms with van der Waals surface area (Å²) < 4.78 is 10.3. The van der Waals surface area contributed by atoms with Gasteiger partial charge in [0.05, 0.1) is 20.3 Å². The van der Waals surface area contributed by atoms with Crippen molar-refractivity contribution >= 4 is 15.9 Å². The first-order valence-corrected chi connectivity index (χ1v) is 5.26. The van der Waals surface area contributed by atoms with Crippen LogP contribution in [0.3, 0.4) is 0 Å². The van der Waals surface area contributed by atoms with E-state index in [0.717, 1.165) is 5.56 Å². The first kappa shape index (κ1) is 20.2. The highest BCUT2D eigenvalue weighted by Gasteiger charge is 2.15. The molecule has 0 aliphatic rings. The van der Waals surface area contributed by atoms with E-state index in [0.29, 0.717) is 11.3 Å². The van der Waals surface area contributed by atoms with Gasteiger partial charge in [-0.1, -0.05) is 7.43 Å². The van der Waals surface area contributed by atoms with Crippen LogP contribution in [0.4, 0.5) is 0 Å². The van der Waals surface area contributed by atoms with E-state index in [9.17, 15) is 9.90 Å². The number of ether oxygens (including phenoxy) is 2. The van der Waals surface area contributed by atoms with Gasteiger partial charge >= 0.3 is 5.97 Å². The van der Waals surface area contributed by atoms with Gasteiger partial charge in [0.1, 0.15) is 0 Å². The molecule has 0 saturated heterocycles. The number of benzene rings is 1. The van der Waals surface area contributed by atoms with E-state index in [-0.39, 0.29) is 36.2 Å². The van der Waals surface area contributed by atoms with Crippen LogP contribution >= 0.6 is 9.90 Å². The third kappa shape index (κ3) is 5.55. The molecule has 1 atom stereocenters. The third-order valence-electron chi connectivity index (χ3n) is 2.20. The lowest BCUT2D eigenvalue weighted by molar-refractivity contribution is -0.133. The number of likely N-dealkylation sites (N-methyl/N-ethyl adjacent to an activating group) is 1. The fourth-order valence-electron chi connectivity index (χ4n) is 1.49. The Labute approximate surface area is 117 Å². The quantitative estimate of drug-likeness (QED) is 0.486. The Morgan fingerprint density at radius 1 is 1.42 bits per heavy atom. The van der Waals surface area contributed by atoms with E-state index >= 15 is 0 Å². The van der Waals surface area contributed by atoms with Crippen LogP contribution in [0, 0.1) is 6.92 Å². The van der Waals surface area contributed by atoms with Crippen molar-refractivity contribution in [3.8, 4) is 11.5 Å². The van der Waals surface area contributed by atoms with Crippen molar-refractivity contribution in [2.75, 3.05) is 20.7 Å². The molecule has 0 saturated carbocycles. The highest BCUT2D eigenvalue weighted by molar-refractivity contribution is 6.92. The standard InChI is InChI=1S/C12H17NO4.CH4.H3P/c1-8-4-9(7-14)12(10(5-8)16-3)17-11(15)6-13-2;;/h4-5,13-14H,6-7H2,1-3H3;1H4;1H3. The van der Waals surface area contributed by atoms with Crippen LogP contribution in [-0.4, -0.2) is 31.8 Å². The van der Waals surface area contributed by atoms with Gasteiger partial charge in [-0.3, -0.25) is 4.79 Å². The Balaban J connectivity index is 0. The van der Waals surface area contributed by atoms with Crippen LogP contribution in [0.2, 0.25) is 0 Å². The number of methoxy groups -OCH3 is 1. The SMILES string of the molecule is C.CNCC(=O)Oc1c(CO)cc(C)cc1OC.P. The predicted molar refractivity (Wildman–Crippen MR) is 81.1 cm³/mol. The lowest BCUT2D eigenvalue weighted by Crippen LogP contribution is -2.23. The average molecular weight is 289 g/mol. The molecule has 2 N–H and O–H groups in total. The van der Waals surface area contributed by atoms with E-state index in [1.54, 1.807) is 19.2 Å². The van der Waals surface area contributed by atoms with Crippen molar-refractivity contribution < 1.29 is 19.4 Å². The monoisotopic (exact) mass is 289 g/mol. The number of rotatable bonds is 5. The van der Waals surface area contributed by atoms with Crippen molar-refractivity contribution in [1.29, 1.82) is 0 Å². The molecule has 0 bridgehead atoms. The lowest BCUT2D eigenvalue weighted by atomic mass is 10.1. The predicted octanol–water partition coefficient (Wildman–Crippen LogP) is 1.31. The Hall–Kier alpha value is -1.16. The number of aryl methyl sites for hydroxylation is 1. The Bertz CT molecular complexity index is 385. The normalized spacial score (nSPS) is 9.05. The molecule has 0 radical (unpaired) electrons. The van der Waals surface area contributed by atoms with Crippen molar-refractivity contribution in [2.45, 2.75) is 21.0 Å². The minimum absolute atomic E-state index is 0. The third-order valence-corrected chi connectivity index (χ3v) is 2.20. The van der Waals surface area contributed by atoms with Crippen LogP contribution in [0.1, 0.15) is 18.6 Å². The van der Waals surface area contributed by atoms with Crippen molar-refractivity contribution in [3.05, 3.63) is 23.3 Å². The molecular weight excluding hydrogens is 265 g/mol. The number of hydrogen-bond donors (Lipinski definition) is 2. The highest BCUT2D eigenvalue weighted by Crippen LogP contribution is 2.32. The number of nitrogens with one attached hydrogen (secondary N) is 1. The first-order valence-electron chi connectivity index (χ1n) is 5.26.